The number of amides is 4. The number of hydrogen-bond acceptors (Lipinski definition) is 6. The third kappa shape index (κ3) is 7.40. The zero-order valence-electron chi connectivity index (χ0n) is 22.4. The van der Waals surface area contributed by atoms with E-state index in [4.69, 9.17) is 0 Å². The predicted molar refractivity (Wildman–Crippen MR) is 147 cm³/mol. The van der Waals surface area contributed by atoms with Crippen LogP contribution in [0.5, 0.6) is 0 Å². The van der Waals surface area contributed by atoms with E-state index in [2.05, 4.69) is 20.6 Å². The maximum absolute atomic E-state index is 13.5. The number of rotatable bonds is 6. The molecule has 2 aliphatic rings. The van der Waals surface area contributed by atoms with Crippen molar-refractivity contribution in [2.75, 3.05) is 45.6 Å². The highest BCUT2D eigenvalue weighted by atomic mass is 16.2. The molecule has 39 heavy (non-hydrogen) atoms. The second-order valence-electron chi connectivity index (χ2n) is 9.91. The molecule has 11 nitrogen and oxygen atoms in total. The van der Waals surface area contributed by atoms with Crippen molar-refractivity contribution in [2.45, 2.75) is 38.1 Å². The minimum Gasteiger partial charge on any atom is -0.343 e. The molecule has 2 saturated heterocycles. The molecule has 1 unspecified atom stereocenters. The molecule has 2 fully saturated rings. The Balaban J connectivity index is 1.53. The maximum Gasteiger partial charge on any atom is 0.271 e. The van der Waals surface area contributed by atoms with Crippen molar-refractivity contribution in [2.24, 2.45) is 4.99 Å². The van der Waals surface area contributed by atoms with Crippen LogP contribution in [0.2, 0.25) is 0 Å². The van der Waals surface area contributed by atoms with Gasteiger partial charge in [0.25, 0.3) is 11.8 Å². The molecule has 1 atom stereocenters. The second-order valence-corrected chi connectivity index (χ2v) is 9.91. The Hall–Kier alpha value is -4.28. The van der Waals surface area contributed by atoms with Crippen molar-refractivity contribution in [1.29, 1.82) is 0 Å². The Bertz CT molecular complexity index is 1210. The summed E-state index contributed by atoms with van der Waals surface area (Å²) in [5.41, 5.74) is 1.14. The summed E-state index contributed by atoms with van der Waals surface area (Å²) in [7, 11) is 3.25. The van der Waals surface area contributed by atoms with Crippen LogP contribution in [0.25, 0.3) is 0 Å². The van der Waals surface area contributed by atoms with Crippen LogP contribution in [0.4, 0.5) is 5.69 Å². The predicted octanol–water partition coefficient (Wildman–Crippen LogP) is 1.98. The Morgan fingerprint density at radius 1 is 1.00 bits per heavy atom. The molecule has 4 rings (SSSR count). The highest BCUT2D eigenvalue weighted by Gasteiger charge is 2.30. The van der Waals surface area contributed by atoms with Gasteiger partial charge in [0.15, 0.2) is 0 Å². The van der Waals surface area contributed by atoms with Gasteiger partial charge in [0.1, 0.15) is 11.7 Å². The number of para-hydroxylation sites is 1. The maximum atomic E-state index is 13.5. The third-order valence-electron chi connectivity index (χ3n) is 6.74. The van der Waals surface area contributed by atoms with Crippen molar-refractivity contribution < 1.29 is 19.2 Å². The summed E-state index contributed by atoms with van der Waals surface area (Å²) in [5, 5.41) is 5.86. The number of likely N-dealkylation sites (tertiary alicyclic amines) is 2. The van der Waals surface area contributed by atoms with Crippen molar-refractivity contribution in [1.82, 2.24) is 25.0 Å². The molecule has 11 heteroatoms. The summed E-state index contributed by atoms with van der Waals surface area (Å²) in [4.78, 5) is 65.0. The van der Waals surface area contributed by atoms with Gasteiger partial charge in [-0.3, -0.25) is 29.5 Å². The molecule has 2 aliphatic heterocycles. The second kappa shape index (κ2) is 13.0. The number of aromatic nitrogens is 1. The van der Waals surface area contributed by atoms with Crippen LogP contribution in [-0.2, 0) is 9.59 Å². The number of hydrogen-bond donors (Lipinski definition) is 2. The number of carbonyl (C=O) groups excluding carboxylic acids is 4. The van der Waals surface area contributed by atoms with Crippen LogP contribution in [0.3, 0.4) is 0 Å². The quantitative estimate of drug-likeness (QED) is 0.432. The van der Waals surface area contributed by atoms with Gasteiger partial charge in [0.2, 0.25) is 17.8 Å². The molecule has 1 aromatic heterocycles. The summed E-state index contributed by atoms with van der Waals surface area (Å²) >= 11 is 0. The minimum atomic E-state index is -0.747. The van der Waals surface area contributed by atoms with Crippen molar-refractivity contribution in [3.8, 4) is 0 Å². The molecule has 2 aromatic rings. The fourth-order valence-corrected chi connectivity index (χ4v) is 4.56. The highest BCUT2D eigenvalue weighted by Crippen LogP contribution is 2.17. The van der Waals surface area contributed by atoms with E-state index in [1.807, 2.05) is 35.2 Å². The molecule has 0 aliphatic carbocycles. The monoisotopic (exact) mass is 533 g/mol. The average molecular weight is 534 g/mol. The van der Waals surface area contributed by atoms with E-state index in [0.717, 1.165) is 38.8 Å². The molecule has 0 bridgehead atoms. The van der Waals surface area contributed by atoms with Gasteiger partial charge in [-0.2, -0.15) is 0 Å². The lowest BCUT2D eigenvalue weighted by atomic mass is 10.1. The molecule has 1 aromatic carbocycles. The van der Waals surface area contributed by atoms with Gasteiger partial charge in [-0.25, -0.2) is 4.99 Å². The van der Waals surface area contributed by atoms with Gasteiger partial charge >= 0.3 is 0 Å². The number of nitrogens with one attached hydrogen (secondary N) is 2. The largest absolute Gasteiger partial charge is 0.343 e. The van der Waals surface area contributed by atoms with E-state index in [1.54, 1.807) is 19.0 Å². The molecular formula is C28H35N7O4. The third-order valence-corrected chi connectivity index (χ3v) is 6.74. The summed E-state index contributed by atoms with van der Waals surface area (Å²) in [5.74, 6) is -0.907. The van der Waals surface area contributed by atoms with Crippen LogP contribution in [0.1, 0.15) is 53.0 Å². The molecule has 0 spiro atoms. The Morgan fingerprint density at radius 2 is 1.72 bits per heavy atom. The van der Waals surface area contributed by atoms with E-state index in [9.17, 15) is 19.2 Å². The fourth-order valence-electron chi connectivity index (χ4n) is 4.56. The zero-order valence-corrected chi connectivity index (χ0v) is 22.4. The van der Waals surface area contributed by atoms with Gasteiger partial charge in [0, 0.05) is 45.6 Å². The number of nitrogens with zero attached hydrogens (tertiary/aromatic N) is 5. The summed E-state index contributed by atoms with van der Waals surface area (Å²) in [6, 6.07) is 11.5. The van der Waals surface area contributed by atoms with Crippen LogP contribution in [0.15, 0.2) is 53.7 Å². The number of aliphatic imine (C=N–C) groups is 1. The number of benzene rings is 1. The highest BCUT2D eigenvalue weighted by molar-refractivity contribution is 6.10. The summed E-state index contributed by atoms with van der Waals surface area (Å²) in [6.45, 7) is 2.02. The van der Waals surface area contributed by atoms with Crippen LogP contribution in [0, 0.1) is 0 Å². The van der Waals surface area contributed by atoms with Gasteiger partial charge in [-0.05, 0) is 56.4 Å². The van der Waals surface area contributed by atoms with E-state index in [0.29, 0.717) is 18.7 Å². The molecule has 206 valence electrons. The molecular weight excluding hydrogens is 498 g/mol. The first-order valence-corrected chi connectivity index (χ1v) is 13.3. The standard InChI is InChI=1S/C28H35N7O4/c1-33(2)26(38)22-14-13-20(18-29-22)25(37)32-28(30-21-10-4-3-5-11-21)31-23-12-6-7-17-35(27(23)39)19-24(36)34-15-8-9-16-34/h3-5,10-11,13-14,18,23H,6-9,12,15-17,19H2,1-2H3,(H2,30,31,32,37). The van der Waals surface area contributed by atoms with E-state index < -0.39 is 11.9 Å². The van der Waals surface area contributed by atoms with Crippen LogP contribution < -0.4 is 10.6 Å². The van der Waals surface area contributed by atoms with E-state index in [-0.39, 0.29) is 41.5 Å². The summed E-state index contributed by atoms with van der Waals surface area (Å²) in [6.07, 6.45) is 5.37. The Morgan fingerprint density at radius 3 is 2.38 bits per heavy atom. The lowest BCUT2D eigenvalue weighted by Gasteiger charge is -2.25. The lowest BCUT2D eigenvalue weighted by molar-refractivity contribution is -0.140. The normalized spacial score (nSPS) is 17.9. The fraction of sp³-hybridized carbons (Fsp3) is 0.429. The number of pyridine rings is 1. The Labute approximate surface area is 228 Å². The molecule has 0 radical (unpaired) electrons. The van der Waals surface area contributed by atoms with Crippen molar-refractivity contribution >= 4 is 35.3 Å². The zero-order chi connectivity index (χ0) is 27.8. The first-order valence-electron chi connectivity index (χ1n) is 13.3. The van der Waals surface area contributed by atoms with E-state index in [1.165, 1.54) is 23.2 Å². The van der Waals surface area contributed by atoms with Gasteiger partial charge in [0.05, 0.1) is 12.1 Å². The van der Waals surface area contributed by atoms with Crippen molar-refractivity contribution in [3.05, 3.63) is 59.9 Å². The van der Waals surface area contributed by atoms with Gasteiger partial charge < -0.3 is 20.0 Å². The number of carbonyl (C=O) groups is 4. The van der Waals surface area contributed by atoms with Gasteiger partial charge in [-0.15, -0.1) is 0 Å². The van der Waals surface area contributed by atoms with Crippen LogP contribution >= 0.6 is 0 Å². The number of anilines is 1. The number of guanidine groups is 1. The molecule has 3 heterocycles. The van der Waals surface area contributed by atoms with Gasteiger partial charge in [-0.1, -0.05) is 18.2 Å². The first kappa shape index (κ1) is 27.7. The van der Waals surface area contributed by atoms with Crippen molar-refractivity contribution in [3.63, 3.8) is 0 Å². The Kier molecular flexibility index (Phi) is 9.24. The van der Waals surface area contributed by atoms with E-state index >= 15 is 0 Å². The minimum absolute atomic E-state index is 0.0369. The topological polar surface area (TPSA) is 127 Å². The average Bonchev–Trinajstić information content (AvgIpc) is 3.43. The SMILES string of the molecule is CN(C)C(=O)c1ccc(C(=O)NC(=NC2CCCCN(CC(=O)N3CCCC3)C2=O)Nc2ccccc2)cn1. The summed E-state index contributed by atoms with van der Waals surface area (Å²) < 4.78 is 0. The van der Waals surface area contributed by atoms with Crippen LogP contribution in [-0.4, -0.2) is 95.6 Å². The molecule has 4 amide bonds. The smallest absolute Gasteiger partial charge is 0.271 e. The molecule has 0 saturated carbocycles. The molecule has 2 N–H and O–H groups in total. The lowest BCUT2D eigenvalue weighted by Crippen LogP contribution is -2.45. The first-order chi connectivity index (χ1) is 18.8.